The number of fused-ring (bicyclic) bond motifs is 2. The molecule has 0 aliphatic heterocycles. The first-order valence-corrected chi connectivity index (χ1v) is 6.71. The maximum absolute atomic E-state index is 12.3. The maximum Gasteiger partial charge on any atom is 0.227 e. The molecule has 2 aliphatic carbocycles. The molecule has 1 N–H and O–H groups in total. The third kappa shape index (κ3) is 2.09. The molecule has 3 nitrogen and oxygen atoms in total. The van der Waals surface area contributed by atoms with Crippen LogP contribution in [0.5, 0.6) is 5.75 Å². The predicted octanol–water partition coefficient (Wildman–Crippen LogP) is 3.07. The van der Waals surface area contributed by atoms with Crippen LogP contribution < -0.4 is 10.1 Å². The molecule has 2 saturated carbocycles. The number of anilines is 1. The summed E-state index contributed by atoms with van der Waals surface area (Å²) in [6.07, 6.45) is 4.91. The smallest absolute Gasteiger partial charge is 0.227 e. The van der Waals surface area contributed by atoms with Gasteiger partial charge in [-0.25, -0.2) is 0 Å². The Kier molecular flexibility index (Phi) is 2.98. The topological polar surface area (TPSA) is 38.3 Å². The highest BCUT2D eigenvalue weighted by Crippen LogP contribution is 2.48. The number of amides is 1. The lowest BCUT2D eigenvalue weighted by atomic mass is 9.88. The van der Waals surface area contributed by atoms with Crippen molar-refractivity contribution >= 4 is 11.6 Å². The van der Waals surface area contributed by atoms with Crippen LogP contribution in [0.25, 0.3) is 0 Å². The van der Waals surface area contributed by atoms with Crippen molar-refractivity contribution in [2.45, 2.75) is 25.7 Å². The molecule has 96 valence electrons. The fourth-order valence-corrected chi connectivity index (χ4v) is 3.50. The lowest BCUT2D eigenvalue weighted by Crippen LogP contribution is -2.27. The molecular formula is C15H19NO2. The quantitative estimate of drug-likeness (QED) is 0.888. The number of carbonyl (C=O) groups is 1. The van der Waals surface area contributed by atoms with Gasteiger partial charge in [-0.3, -0.25) is 4.79 Å². The zero-order chi connectivity index (χ0) is 12.5. The minimum atomic E-state index is 0.190. The van der Waals surface area contributed by atoms with E-state index in [-0.39, 0.29) is 11.8 Å². The van der Waals surface area contributed by atoms with Gasteiger partial charge in [0.15, 0.2) is 0 Å². The molecule has 0 heterocycles. The van der Waals surface area contributed by atoms with Gasteiger partial charge in [0.05, 0.1) is 7.11 Å². The monoisotopic (exact) mass is 245 g/mol. The third-order valence-electron chi connectivity index (χ3n) is 4.41. The molecule has 2 fully saturated rings. The van der Waals surface area contributed by atoms with E-state index < -0.39 is 0 Å². The lowest BCUT2D eigenvalue weighted by Gasteiger charge is -2.20. The van der Waals surface area contributed by atoms with E-state index in [1.54, 1.807) is 7.11 Å². The average molecular weight is 245 g/mol. The molecule has 0 spiro atoms. The minimum Gasteiger partial charge on any atom is -0.497 e. The van der Waals surface area contributed by atoms with Gasteiger partial charge in [0.2, 0.25) is 5.91 Å². The van der Waals surface area contributed by atoms with Crippen molar-refractivity contribution in [2.75, 3.05) is 12.4 Å². The third-order valence-corrected chi connectivity index (χ3v) is 4.41. The molecule has 1 amide bonds. The fourth-order valence-electron chi connectivity index (χ4n) is 3.50. The highest BCUT2D eigenvalue weighted by Gasteiger charge is 2.42. The molecule has 1 aromatic carbocycles. The molecule has 2 bridgehead atoms. The van der Waals surface area contributed by atoms with Crippen LogP contribution >= 0.6 is 0 Å². The summed E-state index contributed by atoms with van der Waals surface area (Å²) < 4.78 is 5.16. The molecule has 0 radical (unpaired) electrons. The Hall–Kier alpha value is -1.51. The highest BCUT2D eigenvalue weighted by molar-refractivity contribution is 5.93. The van der Waals surface area contributed by atoms with Crippen LogP contribution in [0.1, 0.15) is 25.7 Å². The second-order valence-corrected chi connectivity index (χ2v) is 5.50. The zero-order valence-corrected chi connectivity index (χ0v) is 10.7. The van der Waals surface area contributed by atoms with Gasteiger partial charge in [-0.1, -0.05) is 12.5 Å². The van der Waals surface area contributed by atoms with Crippen molar-refractivity contribution in [1.29, 1.82) is 0 Å². The van der Waals surface area contributed by atoms with Crippen LogP contribution in [-0.4, -0.2) is 13.0 Å². The van der Waals surface area contributed by atoms with Crippen molar-refractivity contribution in [3.05, 3.63) is 24.3 Å². The van der Waals surface area contributed by atoms with Gasteiger partial charge in [-0.2, -0.15) is 0 Å². The van der Waals surface area contributed by atoms with E-state index in [9.17, 15) is 4.79 Å². The number of ether oxygens (including phenoxy) is 1. The molecule has 3 atom stereocenters. The summed E-state index contributed by atoms with van der Waals surface area (Å²) in [4.78, 5) is 12.3. The summed E-state index contributed by atoms with van der Waals surface area (Å²) >= 11 is 0. The average Bonchev–Trinajstić information content (AvgIpc) is 3.01. The minimum absolute atomic E-state index is 0.190. The van der Waals surface area contributed by atoms with Gasteiger partial charge in [0, 0.05) is 17.7 Å². The van der Waals surface area contributed by atoms with Crippen LogP contribution in [0.15, 0.2) is 24.3 Å². The van der Waals surface area contributed by atoms with Gasteiger partial charge in [0.1, 0.15) is 5.75 Å². The maximum atomic E-state index is 12.3. The Morgan fingerprint density at radius 2 is 2.22 bits per heavy atom. The summed E-state index contributed by atoms with van der Waals surface area (Å²) in [6, 6.07) is 7.56. The normalized spacial score (nSPS) is 29.3. The van der Waals surface area contributed by atoms with Crippen LogP contribution in [-0.2, 0) is 4.79 Å². The molecule has 3 rings (SSSR count). The Bertz CT molecular complexity index is 458. The van der Waals surface area contributed by atoms with Crippen molar-refractivity contribution in [3.8, 4) is 5.75 Å². The molecule has 0 saturated heterocycles. The van der Waals surface area contributed by atoms with Crippen molar-refractivity contribution < 1.29 is 9.53 Å². The molecule has 2 aliphatic rings. The largest absolute Gasteiger partial charge is 0.497 e. The summed E-state index contributed by atoms with van der Waals surface area (Å²) in [5, 5.41) is 3.02. The van der Waals surface area contributed by atoms with Crippen LogP contribution in [0.4, 0.5) is 5.69 Å². The van der Waals surface area contributed by atoms with Crippen LogP contribution in [0.3, 0.4) is 0 Å². The Morgan fingerprint density at radius 1 is 1.33 bits per heavy atom. The van der Waals surface area contributed by atoms with Crippen molar-refractivity contribution in [3.63, 3.8) is 0 Å². The number of hydrogen-bond donors (Lipinski definition) is 1. The first-order chi connectivity index (χ1) is 8.76. The first-order valence-electron chi connectivity index (χ1n) is 6.71. The Morgan fingerprint density at radius 3 is 2.89 bits per heavy atom. The number of nitrogens with one attached hydrogen (secondary N) is 1. The van der Waals surface area contributed by atoms with Crippen LogP contribution in [0, 0.1) is 17.8 Å². The fraction of sp³-hybridized carbons (Fsp3) is 0.533. The number of rotatable bonds is 3. The predicted molar refractivity (Wildman–Crippen MR) is 70.6 cm³/mol. The number of benzene rings is 1. The van der Waals surface area contributed by atoms with E-state index in [1.165, 1.54) is 19.3 Å². The number of methoxy groups -OCH3 is 1. The van der Waals surface area contributed by atoms with Gasteiger partial charge in [0.25, 0.3) is 0 Å². The second-order valence-electron chi connectivity index (χ2n) is 5.50. The van der Waals surface area contributed by atoms with Gasteiger partial charge in [-0.05, 0) is 43.2 Å². The summed E-state index contributed by atoms with van der Waals surface area (Å²) in [7, 11) is 1.64. The second kappa shape index (κ2) is 4.63. The zero-order valence-electron chi connectivity index (χ0n) is 10.7. The first kappa shape index (κ1) is 11.6. The van der Waals surface area contributed by atoms with E-state index in [0.29, 0.717) is 5.92 Å². The van der Waals surface area contributed by atoms with Crippen molar-refractivity contribution in [2.24, 2.45) is 17.8 Å². The van der Waals surface area contributed by atoms with Crippen LogP contribution in [0.2, 0.25) is 0 Å². The molecule has 0 unspecified atom stereocenters. The summed E-state index contributed by atoms with van der Waals surface area (Å²) in [5.74, 6) is 2.63. The molecular weight excluding hydrogens is 226 g/mol. The summed E-state index contributed by atoms with van der Waals surface area (Å²) in [6.45, 7) is 0. The van der Waals surface area contributed by atoms with E-state index in [0.717, 1.165) is 23.8 Å². The molecule has 0 aromatic heterocycles. The molecule has 18 heavy (non-hydrogen) atoms. The van der Waals surface area contributed by atoms with Gasteiger partial charge >= 0.3 is 0 Å². The Labute approximate surface area is 108 Å². The van der Waals surface area contributed by atoms with Gasteiger partial charge < -0.3 is 10.1 Å². The summed E-state index contributed by atoms with van der Waals surface area (Å²) in [5.41, 5.74) is 0.835. The standard InChI is InChI=1S/C15H19NO2/c1-18-13-4-2-3-12(9-13)16-15(17)14-8-10-5-6-11(14)7-10/h2-4,9-11,14H,5-8H2,1H3,(H,16,17)/t10-,11-,14-/m0/s1. The van der Waals surface area contributed by atoms with E-state index in [4.69, 9.17) is 4.74 Å². The molecule has 1 aromatic rings. The van der Waals surface area contributed by atoms with E-state index >= 15 is 0 Å². The lowest BCUT2D eigenvalue weighted by molar-refractivity contribution is -0.121. The number of carbonyl (C=O) groups excluding carboxylic acids is 1. The van der Waals surface area contributed by atoms with Crippen molar-refractivity contribution in [1.82, 2.24) is 0 Å². The van der Waals surface area contributed by atoms with E-state index in [1.807, 2.05) is 24.3 Å². The van der Waals surface area contributed by atoms with Gasteiger partial charge in [-0.15, -0.1) is 0 Å². The molecule has 3 heteroatoms. The van der Waals surface area contributed by atoms with E-state index in [2.05, 4.69) is 5.32 Å². The highest BCUT2D eigenvalue weighted by atomic mass is 16.5. The Balaban J connectivity index is 1.67. The SMILES string of the molecule is COc1cccc(NC(=O)[C@H]2C[C@H]3CC[C@H]2C3)c1. The number of hydrogen-bond acceptors (Lipinski definition) is 2.